The van der Waals surface area contributed by atoms with Gasteiger partial charge in [-0.3, -0.25) is 9.78 Å². The molecule has 1 aromatic rings. The minimum absolute atomic E-state index is 0.0206. The molecule has 0 aromatic carbocycles. The van der Waals surface area contributed by atoms with Crippen molar-refractivity contribution >= 4 is 11.6 Å². The highest BCUT2D eigenvalue weighted by Crippen LogP contribution is 2.16. The number of amides is 1. The Hall–Kier alpha value is -1.62. The van der Waals surface area contributed by atoms with Crippen molar-refractivity contribution in [3.05, 3.63) is 24.0 Å². The summed E-state index contributed by atoms with van der Waals surface area (Å²) in [7, 11) is 0. The Morgan fingerprint density at radius 3 is 3.10 bits per heavy atom. The third-order valence-electron chi connectivity index (χ3n) is 3.43. The van der Waals surface area contributed by atoms with Crippen molar-refractivity contribution in [3.63, 3.8) is 0 Å². The summed E-state index contributed by atoms with van der Waals surface area (Å²) < 4.78 is 5.56. The van der Waals surface area contributed by atoms with Crippen LogP contribution >= 0.6 is 0 Å². The van der Waals surface area contributed by atoms with Gasteiger partial charge in [-0.25, -0.2) is 0 Å². The van der Waals surface area contributed by atoms with E-state index in [1.165, 1.54) is 0 Å². The van der Waals surface area contributed by atoms with Gasteiger partial charge in [-0.15, -0.1) is 0 Å². The first-order valence-electron chi connectivity index (χ1n) is 7.24. The van der Waals surface area contributed by atoms with Crippen LogP contribution in [0.4, 0.5) is 5.69 Å². The number of rotatable bonds is 4. The number of aromatic nitrogens is 1. The third-order valence-corrected chi connectivity index (χ3v) is 3.43. The van der Waals surface area contributed by atoms with Gasteiger partial charge in [0.2, 0.25) is 0 Å². The number of ether oxygens (including phenoxy) is 1. The molecule has 5 nitrogen and oxygen atoms in total. The SMILES string of the molecule is CCCNc1ccnc(C(=O)N2CC(C)OCC2C)c1. The zero-order chi connectivity index (χ0) is 14.5. The number of morpholine rings is 1. The summed E-state index contributed by atoms with van der Waals surface area (Å²) in [6.45, 7) is 8.19. The molecule has 5 heteroatoms. The molecule has 1 aliphatic heterocycles. The zero-order valence-corrected chi connectivity index (χ0v) is 12.4. The zero-order valence-electron chi connectivity index (χ0n) is 12.4. The van der Waals surface area contributed by atoms with Crippen molar-refractivity contribution < 1.29 is 9.53 Å². The second kappa shape index (κ2) is 6.70. The lowest BCUT2D eigenvalue weighted by molar-refractivity contribution is -0.0389. The van der Waals surface area contributed by atoms with Crippen LogP contribution in [-0.4, -0.2) is 47.6 Å². The number of pyridine rings is 1. The molecule has 0 aliphatic carbocycles. The van der Waals surface area contributed by atoms with Crippen LogP contribution < -0.4 is 5.32 Å². The van der Waals surface area contributed by atoms with Gasteiger partial charge in [-0.1, -0.05) is 6.92 Å². The van der Waals surface area contributed by atoms with E-state index in [4.69, 9.17) is 4.74 Å². The molecule has 2 rings (SSSR count). The Morgan fingerprint density at radius 2 is 2.35 bits per heavy atom. The maximum absolute atomic E-state index is 12.6. The quantitative estimate of drug-likeness (QED) is 0.916. The summed E-state index contributed by atoms with van der Waals surface area (Å²) in [5, 5.41) is 3.28. The van der Waals surface area contributed by atoms with Gasteiger partial charge in [0.05, 0.1) is 18.8 Å². The summed E-state index contributed by atoms with van der Waals surface area (Å²) in [6, 6.07) is 3.80. The standard InChI is InChI=1S/C15H23N3O2/c1-4-6-16-13-5-7-17-14(8-13)15(19)18-9-12(3)20-10-11(18)2/h5,7-8,11-12H,4,6,9-10H2,1-3H3,(H,16,17). The molecular formula is C15H23N3O2. The average Bonchev–Trinajstić information content (AvgIpc) is 2.47. The van der Waals surface area contributed by atoms with E-state index in [-0.39, 0.29) is 18.1 Å². The van der Waals surface area contributed by atoms with Gasteiger partial charge < -0.3 is 15.0 Å². The molecule has 2 heterocycles. The number of nitrogens with zero attached hydrogens (tertiary/aromatic N) is 2. The summed E-state index contributed by atoms with van der Waals surface area (Å²) in [6.07, 6.45) is 2.81. The van der Waals surface area contributed by atoms with Gasteiger partial charge in [0.15, 0.2) is 0 Å². The predicted octanol–water partition coefficient (Wildman–Crippen LogP) is 2.15. The molecule has 1 fully saturated rings. The molecule has 0 bridgehead atoms. The second-order valence-electron chi connectivity index (χ2n) is 5.31. The molecule has 0 saturated carbocycles. The lowest BCUT2D eigenvalue weighted by Crippen LogP contribution is -2.50. The van der Waals surface area contributed by atoms with E-state index in [1.807, 2.05) is 30.9 Å². The van der Waals surface area contributed by atoms with Crippen LogP contribution in [0.25, 0.3) is 0 Å². The van der Waals surface area contributed by atoms with Crippen molar-refractivity contribution in [2.45, 2.75) is 39.3 Å². The fraction of sp³-hybridized carbons (Fsp3) is 0.600. The first kappa shape index (κ1) is 14.8. The van der Waals surface area contributed by atoms with Crippen LogP contribution in [0.2, 0.25) is 0 Å². The van der Waals surface area contributed by atoms with Crippen LogP contribution in [0.3, 0.4) is 0 Å². The number of anilines is 1. The topological polar surface area (TPSA) is 54.5 Å². The number of hydrogen-bond acceptors (Lipinski definition) is 4. The highest BCUT2D eigenvalue weighted by Gasteiger charge is 2.28. The van der Waals surface area contributed by atoms with Crippen LogP contribution in [0.15, 0.2) is 18.3 Å². The molecule has 2 atom stereocenters. The van der Waals surface area contributed by atoms with E-state index in [1.54, 1.807) is 6.20 Å². The second-order valence-corrected chi connectivity index (χ2v) is 5.31. The van der Waals surface area contributed by atoms with Crippen molar-refractivity contribution in [2.75, 3.05) is 25.0 Å². The van der Waals surface area contributed by atoms with Crippen LogP contribution in [-0.2, 0) is 4.74 Å². The Balaban J connectivity index is 2.11. The predicted molar refractivity (Wildman–Crippen MR) is 78.9 cm³/mol. The lowest BCUT2D eigenvalue weighted by atomic mass is 10.2. The van der Waals surface area contributed by atoms with E-state index in [2.05, 4.69) is 17.2 Å². The van der Waals surface area contributed by atoms with Crippen LogP contribution in [0.5, 0.6) is 0 Å². The summed E-state index contributed by atoms with van der Waals surface area (Å²) in [4.78, 5) is 18.6. The maximum atomic E-state index is 12.6. The van der Waals surface area contributed by atoms with E-state index in [9.17, 15) is 4.79 Å². The Morgan fingerprint density at radius 1 is 1.55 bits per heavy atom. The first-order valence-corrected chi connectivity index (χ1v) is 7.24. The highest BCUT2D eigenvalue weighted by atomic mass is 16.5. The van der Waals surface area contributed by atoms with Crippen molar-refractivity contribution in [3.8, 4) is 0 Å². The average molecular weight is 277 g/mol. The van der Waals surface area contributed by atoms with Gasteiger partial charge in [0, 0.05) is 25.0 Å². The van der Waals surface area contributed by atoms with Gasteiger partial charge >= 0.3 is 0 Å². The third kappa shape index (κ3) is 3.48. The summed E-state index contributed by atoms with van der Waals surface area (Å²) in [5.41, 5.74) is 1.44. The fourth-order valence-corrected chi connectivity index (χ4v) is 2.26. The molecule has 1 aliphatic rings. The molecular weight excluding hydrogens is 254 g/mol. The molecule has 1 saturated heterocycles. The molecule has 2 unspecified atom stereocenters. The number of carbonyl (C=O) groups excluding carboxylic acids is 1. The Labute approximate surface area is 120 Å². The largest absolute Gasteiger partial charge is 0.385 e. The normalized spacial score (nSPS) is 22.6. The van der Waals surface area contributed by atoms with E-state index in [0.29, 0.717) is 18.8 Å². The molecule has 0 radical (unpaired) electrons. The van der Waals surface area contributed by atoms with Gasteiger partial charge in [0.1, 0.15) is 5.69 Å². The minimum Gasteiger partial charge on any atom is -0.385 e. The van der Waals surface area contributed by atoms with E-state index in [0.717, 1.165) is 18.7 Å². The number of hydrogen-bond donors (Lipinski definition) is 1. The Bertz CT molecular complexity index is 464. The Kier molecular flexibility index (Phi) is 4.95. The lowest BCUT2D eigenvalue weighted by Gasteiger charge is -2.36. The van der Waals surface area contributed by atoms with Crippen LogP contribution in [0.1, 0.15) is 37.7 Å². The van der Waals surface area contributed by atoms with Gasteiger partial charge in [-0.2, -0.15) is 0 Å². The molecule has 1 N–H and O–H groups in total. The first-order chi connectivity index (χ1) is 9.61. The summed E-state index contributed by atoms with van der Waals surface area (Å²) in [5.74, 6) is -0.0206. The molecule has 0 spiro atoms. The van der Waals surface area contributed by atoms with E-state index >= 15 is 0 Å². The molecule has 110 valence electrons. The molecule has 1 amide bonds. The molecule has 20 heavy (non-hydrogen) atoms. The molecule has 1 aromatic heterocycles. The van der Waals surface area contributed by atoms with Gasteiger partial charge in [-0.05, 0) is 32.4 Å². The van der Waals surface area contributed by atoms with Crippen molar-refractivity contribution in [1.82, 2.24) is 9.88 Å². The smallest absolute Gasteiger partial charge is 0.272 e. The van der Waals surface area contributed by atoms with Gasteiger partial charge in [0.25, 0.3) is 5.91 Å². The van der Waals surface area contributed by atoms with Crippen molar-refractivity contribution in [2.24, 2.45) is 0 Å². The summed E-state index contributed by atoms with van der Waals surface area (Å²) >= 11 is 0. The van der Waals surface area contributed by atoms with Crippen LogP contribution in [0, 0.1) is 0 Å². The van der Waals surface area contributed by atoms with Crippen molar-refractivity contribution in [1.29, 1.82) is 0 Å². The number of carbonyl (C=O) groups is 1. The van der Waals surface area contributed by atoms with E-state index < -0.39 is 0 Å². The monoisotopic (exact) mass is 277 g/mol. The number of nitrogens with one attached hydrogen (secondary N) is 1. The highest BCUT2D eigenvalue weighted by molar-refractivity contribution is 5.93. The minimum atomic E-state index is -0.0206. The maximum Gasteiger partial charge on any atom is 0.272 e. The fourth-order valence-electron chi connectivity index (χ4n) is 2.26.